The van der Waals surface area contributed by atoms with Gasteiger partial charge in [0.2, 0.25) is 0 Å². The van der Waals surface area contributed by atoms with Gasteiger partial charge in [-0.25, -0.2) is 22.9 Å². The summed E-state index contributed by atoms with van der Waals surface area (Å²) in [5.74, 6) is -3.20. The summed E-state index contributed by atoms with van der Waals surface area (Å²) < 4.78 is 42.2. The fourth-order valence-corrected chi connectivity index (χ4v) is 3.43. The standard InChI is InChI=1S/C21H21ClF3N5O3/c1-21(2,3)30(20(31)32)7-6-15-27-17-11(9-14(24)16(25)18(17)28-15)19(29-33)26-10-4-5-13(23)12(22)8-10/h4-5,8-9,33H,6-7H2,1-3H3,(H,26,29)(H,27,28)(H,31,32). The first-order valence-corrected chi connectivity index (χ1v) is 10.1. The SMILES string of the molecule is CC(C)(C)N(CCc1nc2c(F)c(F)cc(/C(=N\O)Nc3ccc(F)c(Cl)c3)c2[nH]1)C(=O)O. The van der Waals surface area contributed by atoms with Crippen LogP contribution in [0.3, 0.4) is 0 Å². The molecule has 4 N–H and O–H groups in total. The van der Waals surface area contributed by atoms with E-state index in [0.717, 1.165) is 12.1 Å². The number of hydrogen-bond acceptors (Lipinski definition) is 4. The number of carbonyl (C=O) groups is 1. The zero-order valence-electron chi connectivity index (χ0n) is 17.9. The van der Waals surface area contributed by atoms with Crippen molar-refractivity contribution in [2.45, 2.75) is 32.7 Å². The number of carboxylic acid groups (broad SMARTS) is 1. The molecule has 0 saturated carbocycles. The van der Waals surface area contributed by atoms with Gasteiger partial charge in [-0.3, -0.25) is 0 Å². The molecule has 8 nitrogen and oxygen atoms in total. The Balaban J connectivity index is 1.98. The molecule has 176 valence electrons. The first-order valence-electron chi connectivity index (χ1n) is 9.74. The third kappa shape index (κ3) is 5.14. The summed E-state index contributed by atoms with van der Waals surface area (Å²) in [6.45, 7) is 5.23. The highest BCUT2D eigenvalue weighted by atomic mass is 35.5. The second-order valence-corrected chi connectivity index (χ2v) is 8.59. The lowest BCUT2D eigenvalue weighted by Gasteiger charge is -2.32. The van der Waals surface area contributed by atoms with Crippen molar-refractivity contribution in [2.75, 3.05) is 11.9 Å². The zero-order valence-corrected chi connectivity index (χ0v) is 18.6. The van der Waals surface area contributed by atoms with Crippen LogP contribution in [-0.2, 0) is 6.42 Å². The number of fused-ring (bicyclic) bond motifs is 1. The molecule has 0 spiro atoms. The first-order chi connectivity index (χ1) is 15.4. The molecule has 2 aromatic carbocycles. The molecule has 12 heteroatoms. The second-order valence-electron chi connectivity index (χ2n) is 8.18. The van der Waals surface area contributed by atoms with Gasteiger partial charge in [0.25, 0.3) is 0 Å². The van der Waals surface area contributed by atoms with Gasteiger partial charge in [0.05, 0.1) is 10.5 Å². The van der Waals surface area contributed by atoms with Crippen molar-refractivity contribution < 1.29 is 28.3 Å². The van der Waals surface area contributed by atoms with E-state index in [1.54, 1.807) is 20.8 Å². The Kier molecular flexibility index (Phi) is 6.73. The van der Waals surface area contributed by atoms with Gasteiger partial charge in [0, 0.05) is 29.8 Å². The van der Waals surface area contributed by atoms with Gasteiger partial charge in [-0.15, -0.1) is 0 Å². The Bertz CT molecular complexity index is 1240. The number of imidazole rings is 1. The van der Waals surface area contributed by atoms with Crippen molar-refractivity contribution >= 4 is 40.3 Å². The Morgan fingerprint density at radius 2 is 1.94 bits per heavy atom. The smallest absolute Gasteiger partial charge is 0.407 e. The molecule has 1 aromatic heterocycles. The maximum absolute atomic E-state index is 14.5. The average molecular weight is 484 g/mol. The monoisotopic (exact) mass is 483 g/mol. The highest BCUT2D eigenvalue weighted by Crippen LogP contribution is 2.26. The van der Waals surface area contributed by atoms with E-state index in [-0.39, 0.29) is 51.9 Å². The molecule has 0 aliphatic heterocycles. The maximum atomic E-state index is 14.5. The normalized spacial score (nSPS) is 12.3. The fourth-order valence-electron chi connectivity index (χ4n) is 3.25. The molecule has 0 radical (unpaired) electrons. The molecule has 1 amide bonds. The van der Waals surface area contributed by atoms with Crippen LogP contribution in [0.4, 0.5) is 23.7 Å². The number of anilines is 1. The highest BCUT2D eigenvalue weighted by molar-refractivity contribution is 6.31. The topological polar surface area (TPSA) is 114 Å². The van der Waals surface area contributed by atoms with Crippen LogP contribution in [0.2, 0.25) is 5.02 Å². The number of oxime groups is 1. The van der Waals surface area contributed by atoms with Crippen molar-refractivity contribution in [1.82, 2.24) is 14.9 Å². The molecule has 0 unspecified atom stereocenters. The van der Waals surface area contributed by atoms with E-state index >= 15 is 0 Å². The van der Waals surface area contributed by atoms with Gasteiger partial charge < -0.3 is 25.5 Å². The van der Waals surface area contributed by atoms with E-state index in [0.29, 0.717) is 0 Å². The van der Waals surface area contributed by atoms with Crippen molar-refractivity contribution in [3.8, 4) is 0 Å². The number of benzene rings is 2. The number of aromatic amines is 1. The summed E-state index contributed by atoms with van der Waals surface area (Å²) in [4.78, 5) is 19.6. The lowest BCUT2D eigenvalue weighted by Crippen LogP contribution is -2.46. The van der Waals surface area contributed by atoms with Crippen LogP contribution < -0.4 is 5.32 Å². The lowest BCUT2D eigenvalue weighted by atomic mass is 10.1. The Hall–Kier alpha value is -3.47. The molecule has 1 heterocycles. The molecule has 3 aromatic rings. The van der Waals surface area contributed by atoms with Crippen LogP contribution in [0.5, 0.6) is 0 Å². The van der Waals surface area contributed by atoms with Gasteiger partial charge in [0.1, 0.15) is 17.2 Å². The van der Waals surface area contributed by atoms with Crippen LogP contribution in [0.1, 0.15) is 32.2 Å². The third-order valence-electron chi connectivity index (χ3n) is 4.86. The molecule has 0 bridgehead atoms. The molecule has 0 saturated heterocycles. The van der Waals surface area contributed by atoms with E-state index in [1.807, 2.05) is 0 Å². The number of nitrogens with zero attached hydrogens (tertiary/aromatic N) is 3. The second kappa shape index (κ2) is 9.18. The van der Waals surface area contributed by atoms with Gasteiger partial charge in [-0.2, -0.15) is 0 Å². The summed E-state index contributed by atoms with van der Waals surface area (Å²) in [6.07, 6.45) is -1.04. The van der Waals surface area contributed by atoms with Crippen molar-refractivity contribution in [3.05, 3.63) is 58.1 Å². The molecule has 0 aliphatic carbocycles. The first kappa shape index (κ1) is 24.2. The summed E-state index contributed by atoms with van der Waals surface area (Å²) in [5.41, 5.74) is -0.837. The predicted octanol–water partition coefficient (Wildman–Crippen LogP) is 5.20. The van der Waals surface area contributed by atoms with Crippen LogP contribution in [0, 0.1) is 17.5 Å². The zero-order chi connectivity index (χ0) is 24.5. The fraction of sp³-hybridized carbons (Fsp3) is 0.286. The number of rotatable bonds is 5. The van der Waals surface area contributed by atoms with E-state index in [2.05, 4.69) is 20.4 Å². The van der Waals surface area contributed by atoms with Gasteiger partial charge in [-0.05, 0) is 45.0 Å². The van der Waals surface area contributed by atoms with Crippen molar-refractivity contribution in [2.24, 2.45) is 5.16 Å². The summed E-state index contributed by atoms with van der Waals surface area (Å²) in [5, 5.41) is 24.5. The largest absolute Gasteiger partial charge is 0.465 e. The molecule has 3 rings (SSSR count). The van der Waals surface area contributed by atoms with Crippen molar-refractivity contribution in [1.29, 1.82) is 0 Å². The number of hydrogen-bond donors (Lipinski definition) is 4. The Labute approximate surface area is 191 Å². The average Bonchev–Trinajstić information content (AvgIpc) is 3.15. The number of aromatic nitrogens is 2. The number of amides is 1. The molecule has 0 atom stereocenters. The molecular formula is C21H21ClF3N5O3. The minimum Gasteiger partial charge on any atom is -0.465 e. The maximum Gasteiger partial charge on any atom is 0.407 e. The molecule has 0 aliphatic rings. The van der Waals surface area contributed by atoms with Crippen LogP contribution >= 0.6 is 11.6 Å². The minimum absolute atomic E-state index is 0.0232. The van der Waals surface area contributed by atoms with Gasteiger partial charge in [0.15, 0.2) is 17.5 Å². The van der Waals surface area contributed by atoms with Crippen LogP contribution in [0.25, 0.3) is 11.0 Å². The van der Waals surface area contributed by atoms with E-state index in [9.17, 15) is 28.3 Å². The summed E-state index contributed by atoms with van der Waals surface area (Å²) in [7, 11) is 0. The van der Waals surface area contributed by atoms with Crippen LogP contribution in [0.15, 0.2) is 29.4 Å². The third-order valence-corrected chi connectivity index (χ3v) is 5.15. The van der Waals surface area contributed by atoms with E-state index < -0.39 is 29.1 Å². The van der Waals surface area contributed by atoms with Gasteiger partial charge in [-0.1, -0.05) is 16.8 Å². The molecule has 0 fully saturated rings. The minimum atomic E-state index is -1.24. The van der Waals surface area contributed by atoms with Crippen molar-refractivity contribution in [3.63, 3.8) is 0 Å². The number of amidine groups is 1. The van der Waals surface area contributed by atoms with Gasteiger partial charge >= 0.3 is 6.09 Å². The number of H-pyrrole nitrogens is 1. The van der Waals surface area contributed by atoms with E-state index in [1.165, 1.54) is 17.0 Å². The molecular weight excluding hydrogens is 463 g/mol. The lowest BCUT2D eigenvalue weighted by molar-refractivity contribution is 0.101. The molecule has 33 heavy (non-hydrogen) atoms. The highest BCUT2D eigenvalue weighted by Gasteiger charge is 2.26. The summed E-state index contributed by atoms with van der Waals surface area (Å²) in [6, 6.07) is 4.43. The predicted molar refractivity (Wildman–Crippen MR) is 118 cm³/mol. The number of halogens is 4. The summed E-state index contributed by atoms with van der Waals surface area (Å²) >= 11 is 5.76. The van der Waals surface area contributed by atoms with Crippen LogP contribution in [-0.4, -0.2) is 49.2 Å². The Morgan fingerprint density at radius 3 is 2.52 bits per heavy atom. The van der Waals surface area contributed by atoms with E-state index in [4.69, 9.17) is 11.6 Å². The Morgan fingerprint density at radius 1 is 1.24 bits per heavy atom. The quantitative estimate of drug-likeness (QED) is 0.172. The number of nitrogens with one attached hydrogen (secondary N) is 2.